The number of nitrogens with zero attached hydrogens (tertiary/aromatic N) is 2. The highest BCUT2D eigenvalue weighted by atomic mass is 32.1. The summed E-state index contributed by atoms with van der Waals surface area (Å²) in [4.78, 5) is 39.6. The minimum Gasteiger partial charge on any atom is -0.611 e. The second kappa shape index (κ2) is 11.8. The topological polar surface area (TPSA) is 107 Å². The van der Waals surface area contributed by atoms with Crippen molar-refractivity contribution in [3.8, 4) is 10.6 Å². The van der Waals surface area contributed by atoms with Crippen molar-refractivity contribution in [2.45, 2.75) is 39.7 Å². The number of aryl methyl sites for hydroxylation is 1. The van der Waals surface area contributed by atoms with E-state index in [9.17, 15) is 14.5 Å². The van der Waals surface area contributed by atoms with Crippen LogP contribution >= 0.6 is 19.3 Å². The lowest BCUT2D eigenvalue weighted by Crippen LogP contribution is -2.37. The Morgan fingerprint density at radius 1 is 1.24 bits per heavy atom. The molecule has 1 aromatic heterocycles. The quantitative estimate of drug-likeness (QED) is 0.443. The fourth-order valence-electron chi connectivity index (χ4n) is 2.64. The largest absolute Gasteiger partial charge is 0.611 e. The van der Waals surface area contributed by atoms with Crippen molar-refractivity contribution in [3.63, 3.8) is 0 Å². The molecule has 1 unspecified atom stereocenters. The smallest absolute Gasteiger partial charge is 0.249 e. The SMILES string of the molecule is CC(=O)NC[P+]([O-])=N[C@H](C(=O)NCCCc1ccc(-c2nccs2)cc1)C(C)C. The first-order valence-corrected chi connectivity index (χ1v) is 11.8. The predicted molar refractivity (Wildman–Crippen MR) is 116 cm³/mol. The van der Waals surface area contributed by atoms with Crippen LogP contribution in [0.25, 0.3) is 10.6 Å². The van der Waals surface area contributed by atoms with E-state index in [1.54, 1.807) is 17.5 Å². The molecule has 2 N–H and O–H groups in total. The first-order valence-electron chi connectivity index (χ1n) is 9.53. The average Bonchev–Trinajstić information content (AvgIpc) is 3.22. The third-order valence-corrected chi connectivity index (χ3v) is 5.95. The van der Waals surface area contributed by atoms with Crippen LogP contribution in [0.3, 0.4) is 0 Å². The maximum absolute atomic E-state index is 12.4. The molecule has 7 nitrogen and oxygen atoms in total. The van der Waals surface area contributed by atoms with E-state index < -0.39 is 14.0 Å². The lowest BCUT2D eigenvalue weighted by molar-refractivity contribution is -0.157. The molecule has 0 aliphatic rings. The first kappa shape index (κ1) is 23.1. The molecule has 156 valence electrons. The molecule has 0 aliphatic heterocycles. The number of rotatable bonds is 10. The Hall–Kier alpha value is -2.15. The van der Waals surface area contributed by atoms with E-state index in [0.717, 1.165) is 23.4 Å². The van der Waals surface area contributed by atoms with Crippen LogP contribution in [0.5, 0.6) is 0 Å². The summed E-state index contributed by atoms with van der Waals surface area (Å²) in [5.74, 6) is -0.580. The number of amides is 2. The van der Waals surface area contributed by atoms with Crippen molar-refractivity contribution in [3.05, 3.63) is 41.4 Å². The molecule has 0 saturated heterocycles. The van der Waals surface area contributed by atoms with Gasteiger partial charge in [0.05, 0.1) is 0 Å². The molecule has 2 atom stereocenters. The Kier molecular flexibility index (Phi) is 9.38. The number of carbonyl (C=O) groups is 2. The third-order valence-electron chi connectivity index (χ3n) is 4.19. The fraction of sp³-hybridized carbons (Fsp3) is 0.450. The molecular formula is C20H27N4O3PS. The average molecular weight is 435 g/mol. The van der Waals surface area contributed by atoms with Gasteiger partial charge in [0.2, 0.25) is 11.8 Å². The van der Waals surface area contributed by atoms with Gasteiger partial charge in [0, 0.05) is 30.6 Å². The molecule has 2 amide bonds. The van der Waals surface area contributed by atoms with Crippen LogP contribution < -0.4 is 15.5 Å². The zero-order chi connectivity index (χ0) is 21.2. The molecule has 0 saturated carbocycles. The third kappa shape index (κ3) is 8.01. The summed E-state index contributed by atoms with van der Waals surface area (Å²) in [6.07, 6.45) is 3.39. The minimum atomic E-state index is -2.01. The zero-order valence-corrected chi connectivity index (χ0v) is 18.6. The molecule has 2 rings (SSSR count). The Morgan fingerprint density at radius 3 is 2.55 bits per heavy atom. The molecule has 0 spiro atoms. The van der Waals surface area contributed by atoms with Gasteiger partial charge in [-0.2, -0.15) is 0 Å². The normalized spacial score (nSPS) is 12.7. The number of benzene rings is 1. The zero-order valence-electron chi connectivity index (χ0n) is 16.9. The van der Waals surface area contributed by atoms with Gasteiger partial charge in [-0.1, -0.05) is 42.9 Å². The molecule has 0 radical (unpaired) electrons. The Balaban J connectivity index is 1.79. The van der Waals surface area contributed by atoms with Crippen LogP contribution in [-0.4, -0.2) is 35.7 Å². The van der Waals surface area contributed by atoms with Crippen LogP contribution in [-0.2, 0) is 16.0 Å². The van der Waals surface area contributed by atoms with Crippen LogP contribution in [0.1, 0.15) is 32.8 Å². The van der Waals surface area contributed by atoms with E-state index in [0.29, 0.717) is 6.54 Å². The summed E-state index contributed by atoms with van der Waals surface area (Å²) < 4.78 is 4.10. The van der Waals surface area contributed by atoms with Gasteiger partial charge in [0.15, 0.2) is 20.3 Å². The molecule has 9 heteroatoms. The standard InChI is InChI=1S/C20H27N4O3PS/c1-14(2)18(24-28(27)13-23-15(3)25)19(26)21-10-4-5-16-6-8-17(9-7-16)20-22-11-12-29-20/h6-9,11-12,14,18H,4-5,10,13H2,1-3H3,(H,21,26)(H,23,25)/t18-/m0/s1. The summed E-state index contributed by atoms with van der Waals surface area (Å²) in [6.45, 7) is 5.59. The van der Waals surface area contributed by atoms with Crippen molar-refractivity contribution in [1.82, 2.24) is 15.6 Å². The van der Waals surface area contributed by atoms with Crippen LogP contribution in [0.2, 0.25) is 0 Å². The highest BCUT2D eigenvalue weighted by molar-refractivity contribution is 7.39. The van der Waals surface area contributed by atoms with Crippen molar-refractivity contribution in [2.24, 2.45) is 10.7 Å². The first-order chi connectivity index (χ1) is 13.9. The van der Waals surface area contributed by atoms with E-state index in [1.807, 2.05) is 19.2 Å². The summed E-state index contributed by atoms with van der Waals surface area (Å²) in [5, 5.41) is 8.30. The van der Waals surface area contributed by atoms with E-state index in [-0.39, 0.29) is 24.0 Å². The molecule has 1 heterocycles. The van der Waals surface area contributed by atoms with Crippen molar-refractivity contribution < 1.29 is 14.5 Å². The monoisotopic (exact) mass is 434 g/mol. The molecule has 0 aliphatic carbocycles. The summed E-state index contributed by atoms with van der Waals surface area (Å²) >= 11 is 1.61. The van der Waals surface area contributed by atoms with Crippen LogP contribution in [0, 0.1) is 5.92 Å². The predicted octanol–water partition coefficient (Wildman–Crippen LogP) is 2.92. The van der Waals surface area contributed by atoms with Gasteiger partial charge >= 0.3 is 0 Å². The molecule has 0 bridgehead atoms. The van der Waals surface area contributed by atoms with Gasteiger partial charge in [-0.25, -0.2) is 4.98 Å². The minimum absolute atomic E-state index is 0.0435. The molecular weight excluding hydrogens is 407 g/mol. The van der Waals surface area contributed by atoms with Gasteiger partial charge in [-0.3, -0.25) is 9.59 Å². The fourth-order valence-corrected chi connectivity index (χ4v) is 4.37. The molecule has 0 fully saturated rings. The second-order valence-electron chi connectivity index (χ2n) is 6.98. The summed E-state index contributed by atoms with van der Waals surface area (Å²) in [7, 11) is -2.01. The van der Waals surface area contributed by atoms with Crippen LogP contribution in [0.15, 0.2) is 40.6 Å². The van der Waals surface area contributed by atoms with Gasteiger partial charge < -0.3 is 15.5 Å². The van der Waals surface area contributed by atoms with Gasteiger partial charge in [-0.05, 0) is 24.3 Å². The highest BCUT2D eigenvalue weighted by Gasteiger charge is 2.24. The second-order valence-corrected chi connectivity index (χ2v) is 9.12. The number of thiazole rings is 1. The van der Waals surface area contributed by atoms with Gasteiger partial charge in [0.1, 0.15) is 5.01 Å². The molecule has 29 heavy (non-hydrogen) atoms. The van der Waals surface area contributed by atoms with E-state index in [2.05, 4.69) is 44.6 Å². The van der Waals surface area contributed by atoms with Crippen LogP contribution in [0.4, 0.5) is 0 Å². The number of hydrogen-bond donors (Lipinski definition) is 2. The summed E-state index contributed by atoms with van der Waals surface area (Å²) in [6, 6.07) is 7.59. The van der Waals surface area contributed by atoms with Crippen molar-refractivity contribution in [2.75, 3.05) is 12.8 Å². The van der Waals surface area contributed by atoms with Gasteiger partial charge in [-0.15, -0.1) is 11.3 Å². The van der Waals surface area contributed by atoms with Crippen molar-refractivity contribution >= 4 is 31.1 Å². The number of nitrogens with one attached hydrogen (secondary N) is 2. The lowest BCUT2D eigenvalue weighted by Gasteiger charge is -2.14. The molecule has 1 aromatic carbocycles. The Bertz CT molecular complexity index is 823. The maximum Gasteiger partial charge on any atom is 0.249 e. The van der Waals surface area contributed by atoms with Crippen molar-refractivity contribution in [1.29, 1.82) is 0 Å². The molecule has 2 aromatic rings. The lowest BCUT2D eigenvalue weighted by atomic mass is 10.0. The van der Waals surface area contributed by atoms with E-state index in [4.69, 9.17) is 0 Å². The number of carbonyl (C=O) groups excluding carboxylic acids is 2. The van der Waals surface area contributed by atoms with E-state index in [1.165, 1.54) is 12.5 Å². The maximum atomic E-state index is 12.4. The van der Waals surface area contributed by atoms with E-state index >= 15 is 0 Å². The number of hydrogen-bond acceptors (Lipinski definition) is 6. The number of aromatic nitrogens is 1. The Morgan fingerprint density at radius 2 is 1.97 bits per heavy atom. The Labute approximate surface area is 176 Å². The highest BCUT2D eigenvalue weighted by Crippen LogP contribution is 2.22. The van der Waals surface area contributed by atoms with Gasteiger partial charge in [0.25, 0.3) is 0 Å². The summed E-state index contributed by atoms with van der Waals surface area (Å²) in [5.41, 5.74) is 2.30.